The van der Waals surface area contributed by atoms with Gasteiger partial charge in [-0.05, 0) is 38.0 Å². The average Bonchev–Trinajstić information content (AvgIpc) is 3.00. The first-order valence-corrected chi connectivity index (χ1v) is 9.36. The summed E-state index contributed by atoms with van der Waals surface area (Å²) >= 11 is 0. The second kappa shape index (κ2) is 7.05. The Balaban J connectivity index is 1.86. The van der Waals surface area contributed by atoms with E-state index in [1.165, 1.54) is 0 Å². The number of hydrogen-bond donors (Lipinski definition) is 2. The van der Waals surface area contributed by atoms with Crippen molar-refractivity contribution < 1.29 is 9.90 Å². The van der Waals surface area contributed by atoms with E-state index in [2.05, 4.69) is 10.4 Å². The summed E-state index contributed by atoms with van der Waals surface area (Å²) in [5.41, 5.74) is 5.73. The third kappa shape index (κ3) is 3.33. The number of carbonyl (C=O) groups is 1. The number of benzene rings is 2. The van der Waals surface area contributed by atoms with Gasteiger partial charge in [0, 0.05) is 24.4 Å². The summed E-state index contributed by atoms with van der Waals surface area (Å²) in [6.45, 7) is 5.59. The predicted molar refractivity (Wildman–Crippen MR) is 114 cm³/mol. The Labute approximate surface area is 168 Å². The smallest absolute Gasteiger partial charge is 0.256 e. The van der Waals surface area contributed by atoms with Gasteiger partial charge in [-0.2, -0.15) is 5.10 Å². The second-order valence-electron chi connectivity index (χ2n) is 7.24. The molecule has 146 valence electrons. The zero-order valence-corrected chi connectivity index (χ0v) is 16.8. The van der Waals surface area contributed by atoms with E-state index in [1.807, 2.05) is 64.2 Å². The molecule has 2 aromatic heterocycles. The van der Waals surface area contributed by atoms with Crippen molar-refractivity contribution in [2.24, 2.45) is 7.05 Å². The van der Waals surface area contributed by atoms with Gasteiger partial charge < -0.3 is 10.4 Å². The van der Waals surface area contributed by atoms with Gasteiger partial charge in [-0.25, -0.2) is 4.98 Å². The minimum atomic E-state index is -0.267. The van der Waals surface area contributed by atoms with Crippen molar-refractivity contribution >= 4 is 22.6 Å². The molecule has 1 amide bonds. The van der Waals surface area contributed by atoms with Crippen molar-refractivity contribution in [1.82, 2.24) is 14.8 Å². The number of rotatable bonds is 3. The van der Waals surface area contributed by atoms with Gasteiger partial charge >= 0.3 is 0 Å². The molecule has 2 aromatic carbocycles. The first-order chi connectivity index (χ1) is 13.8. The van der Waals surface area contributed by atoms with Crippen LogP contribution < -0.4 is 5.32 Å². The van der Waals surface area contributed by atoms with Crippen LogP contribution in [0.2, 0.25) is 0 Å². The fourth-order valence-corrected chi connectivity index (χ4v) is 3.55. The summed E-state index contributed by atoms with van der Waals surface area (Å²) in [5, 5.41) is 18.2. The van der Waals surface area contributed by atoms with Crippen molar-refractivity contribution in [3.63, 3.8) is 0 Å². The normalized spacial score (nSPS) is 11.0. The van der Waals surface area contributed by atoms with Crippen LogP contribution >= 0.6 is 0 Å². The fraction of sp³-hybridized carbons (Fsp3) is 0.174. The number of pyridine rings is 1. The third-order valence-electron chi connectivity index (χ3n) is 5.07. The zero-order valence-electron chi connectivity index (χ0n) is 16.8. The van der Waals surface area contributed by atoms with Crippen molar-refractivity contribution in [3.8, 4) is 17.0 Å². The van der Waals surface area contributed by atoms with E-state index in [4.69, 9.17) is 4.98 Å². The maximum atomic E-state index is 13.3. The van der Waals surface area contributed by atoms with E-state index in [1.54, 1.807) is 16.8 Å². The molecular weight excluding hydrogens is 364 g/mol. The SMILES string of the molecule is Cc1cc(C)c(NC(=O)c2cc(-c3ccccc3)nc3c2c(C)nn3C)cc1O. The first kappa shape index (κ1) is 18.7. The van der Waals surface area contributed by atoms with E-state index in [-0.39, 0.29) is 11.7 Å². The Hall–Kier alpha value is -3.67. The van der Waals surface area contributed by atoms with Gasteiger partial charge in [-0.15, -0.1) is 0 Å². The second-order valence-corrected chi connectivity index (χ2v) is 7.24. The number of hydrogen-bond acceptors (Lipinski definition) is 4. The van der Waals surface area contributed by atoms with E-state index in [0.29, 0.717) is 22.6 Å². The number of carbonyl (C=O) groups excluding carboxylic acids is 1. The standard InChI is InChI=1S/C23H22N4O2/c1-13-10-14(2)20(28)12-18(13)25-23(29)17-11-19(16-8-6-5-7-9-16)24-22-21(17)15(3)26-27(22)4/h5-12,28H,1-4H3,(H,25,29). The summed E-state index contributed by atoms with van der Waals surface area (Å²) in [7, 11) is 1.82. The van der Waals surface area contributed by atoms with Crippen LogP contribution in [0.4, 0.5) is 5.69 Å². The lowest BCUT2D eigenvalue weighted by atomic mass is 10.0. The lowest BCUT2D eigenvalue weighted by molar-refractivity contribution is 0.102. The molecule has 29 heavy (non-hydrogen) atoms. The average molecular weight is 386 g/mol. The highest BCUT2D eigenvalue weighted by atomic mass is 16.3. The number of nitrogens with one attached hydrogen (secondary N) is 1. The van der Waals surface area contributed by atoms with Gasteiger partial charge in [-0.1, -0.05) is 36.4 Å². The quantitative estimate of drug-likeness (QED) is 0.543. The molecule has 0 aliphatic carbocycles. The Morgan fingerprint density at radius 1 is 1.03 bits per heavy atom. The molecule has 0 aliphatic rings. The summed E-state index contributed by atoms with van der Waals surface area (Å²) in [6.07, 6.45) is 0. The number of aryl methyl sites for hydroxylation is 4. The van der Waals surface area contributed by atoms with E-state index >= 15 is 0 Å². The number of phenols is 1. The summed E-state index contributed by atoms with van der Waals surface area (Å²) in [5.74, 6) is -0.120. The Morgan fingerprint density at radius 3 is 2.48 bits per heavy atom. The van der Waals surface area contributed by atoms with Crippen LogP contribution in [-0.2, 0) is 7.05 Å². The van der Waals surface area contributed by atoms with Gasteiger partial charge in [0.1, 0.15) is 5.75 Å². The van der Waals surface area contributed by atoms with Crippen LogP contribution in [0.15, 0.2) is 48.5 Å². The van der Waals surface area contributed by atoms with E-state index < -0.39 is 0 Å². The number of aromatic hydroxyl groups is 1. The van der Waals surface area contributed by atoms with Gasteiger partial charge in [0.05, 0.1) is 22.3 Å². The van der Waals surface area contributed by atoms with Crippen LogP contribution in [0.25, 0.3) is 22.3 Å². The number of nitrogens with zero attached hydrogens (tertiary/aromatic N) is 3. The Kier molecular flexibility index (Phi) is 4.54. The molecule has 0 saturated heterocycles. The summed E-state index contributed by atoms with van der Waals surface area (Å²) in [4.78, 5) is 18.0. The zero-order chi connectivity index (χ0) is 20.7. The van der Waals surface area contributed by atoms with Crippen molar-refractivity contribution in [3.05, 3.63) is 70.9 Å². The van der Waals surface area contributed by atoms with Gasteiger partial charge in [0.25, 0.3) is 5.91 Å². The number of amides is 1. The maximum Gasteiger partial charge on any atom is 0.256 e. The molecule has 0 fully saturated rings. The van der Waals surface area contributed by atoms with Crippen LogP contribution in [0, 0.1) is 20.8 Å². The predicted octanol–water partition coefficient (Wildman–Crippen LogP) is 4.52. The molecule has 6 heteroatoms. The monoisotopic (exact) mass is 386 g/mol. The molecule has 0 unspecified atom stereocenters. The van der Waals surface area contributed by atoms with Crippen molar-refractivity contribution in [2.75, 3.05) is 5.32 Å². The lowest BCUT2D eigenvalue weighted by Gasteiger charge is -2.12. The molecule has 0 bridgehead atoms. The highest BCUT2D eigenvalue weighted by Gasteiger charge is 2.20. The van der Waals surface area contributed by atoms with Gasteiger partial charge in [-0.3, -0.25) is 9.48 Å². The molecule has 0 aliphatic heterocycles. The third-order valence-corrected chi connectivity index (χ3v) is 5.07. The van der Waals surface area contributed by atoms with Crippen molar-refractivity contribution in [2.45, 2.75) is 20.8 Å². The molecule has 2 heterocycles. The van der Waals surface area contributed by atoms with Crippen LogP contribution in [0.5, 0.6) is 5.75 Å². The van der Waals surface area contributed by atoms with Gasteiger partial charge in [0.15, 0.2) is 5.65 Å². The molecule has 0 saturated carbocycles. The molecule has 0 radical (unpaired) electrons. The number of anilines is 1. The minimum Gasteiger partial charge on any atom is -0.508 e. The van der Waals surface area contributed by atoms with Gasteiger partial charge in [0.2, 0.25) is 0 Å². The summed E-state index contributed by atoms with van der Waals surface area (Å²) < 4.78 is 1.69. The maximum absolute atomic E-state index is 13.3. The fourth-order valence-electron chi connectivity index (χ4n) is 3.55. The molecule has 2 N–H and O–H groups in total. The van der Waals surface area contributed by atoms with Crippen LogP contribution in [0.1, 0.15) is 27.2 Å². The van der Waals surface area contributed by atoms with Crippen LogP contribution in [0.3, 0.4) is 0 Å². The topological polar surface area (TPSA) is 80.0 Å². The highest BCUT2D eigenvalue weighted by Crippen LogP contribution is 2.29. The Bertz CT molecular complexity index is 1240. The Morgan fingerprint density at radius 2 is 1.76 bits per heavy atom. The first-order valence-electron chi connectivity index (χ1n) is 9.36. The summed E-state index contributed by atoms with van der Waals surface area (Å²) in [6, 6.07) is 15.0. The number of phenolic OH excluding ortho intramolecular Hbond substituents is 1. The van der Waals surface area contributed by atoms with E-state index in [0.717, 1.165) is 27.8 Å². The molecular formula is C23H22N4O2. The lowest BCUT2D eigenvalue weighted by Crippen LogP contribution is -2.14. The van der Waals surface area contributed by atoms with Crippen LogP contribution in [-0.4, -0.2) is 25.8 Å². The minimum absolute atomic E-state index is 0.147. The molecule has 4 rings (SSSR count). The van der Waals surface area contributed by atoms with Crippen molar-refractivity contribution in [1.29, 1.82) is 0 Å². The molecule has 0 atom stereocenters. The largest absolute Gasteiger partial charge is 0.508 e. The number of aromatic nitrogens is 3. The molecule has 0 spiro atoms. The highest BCUT2D eigenvalue weighted by molar-refractivity contribution is 6.13. The molecule has 6 nitrogen and oxygen atoms in total. The molecule has 4 aromatic rings. The van der Waals surface area contributed by atoms with E-state index in [9.17, 15) is 9.90 Å². The number of fused-ring (bicyclic) bond motifs is 1.